The minimum atomic E-state index is 0.0787. The average Bonchev–Trinajstić information content (AvgIpc) is 2.54. The number of ether oxygens (including phenoxy) is 1. The quantitative estimate of drug-likeness (QED) is 0.559. The summed E-state index contributed by atoms with van der Waals surface area (Å²) in [6.45, 7) is 2.81. The van der Waals surface area contributed by atoms with Gasteiger partial charge in [0.2, 0.25) is 5.91 Å². The summed E-state index contributed by atoms with van der Waals surface area (Å²) in [5.41, 5.74) is 0. The fourth-order valence-corrected chi connectivity index (χ4v) is 1.94. The molecule has 3 heteroatoms. The van der Waals surface area contributed by atoms with Crippen LogP contribution in [0.3, 0.4) is 0 Å². The van der Waals surface area contributed by atoms with E-state index in [1.165, 1.54) is 0 Å². The van der Waals surface area contributed by atoms with Crippen molar-refractivity contribution in [1.82, 2.24) is 4.90 Å². The zero-order valence-corrected chi connectivity index (χ0v) is 6.75. The summed E-state index contributed by atoms with van der Waals surface area (Å²) in [7, 11) is 0. The van der Waals surface area contributed by atoms with Crippen molar-refractivity contribution in [1.29, 1.82) is 0 Å². The van der Waals surface area contributed by atoms with Crippen molar-refractivity contribution in [3.05, 3.63) is 0 Å². The molecule has 0 spiro atoms. The molecule has 2 rings (SSSR count). The zero-order chi connectivity index (χ0) is 7.84. The highest BCUT2D eigenvalue weighted by atomic mass is 16.5. The molecule has 0 saturated carbocycles. The first-order valence-electron chi connectivity index (χ1n) is 4.25. The van der Waals surface area contributed by atoms with Gasteiger partial charge in [-0.2, -0.15) is 0 Å². The van der Waals surface area contributed by atoms with Crippen molar-refractivity contribution >= 4 is 5.91 Å². The number of fused-ring (bicyclic) bond motifs is 1. The summed E-state index contributed by atoms with van der Waals surface area (Å²) in [6, 6.07) is 0.396. The molecule has 2 saturated heterocycles. The van der Waals surface area contributed by atoms with Gasteiger partial charge in [0, 0.05) is 6.42 Å². The number of nitrogens with zero attached hydrogens (tertiary/aromatic N) is 1. The number of carbonyl (C=O) groups is 1. The first-order valence-corrected chi connectivity index (χ1v) is 4.25. The largest absolute Gasteiger partial charge is 0.356 e. The molecule has 0 aliphatic carbocycles. The maximum absolute atomic E-state index is 11.3. The Morgan fingerprint density at radius 1 is 1.73 bits per heavy atom. The van der Waals surface area contributed by atoms with Gasteiger partial charge in [0.1, 0.15) is 6.23 Å². The van der Waals surface area contributed by atoms with Crippen molar-refractivity contribution in [2.75, 3.05) is 6.61 Å². The predicted octanol–water partition coefficient (Wildman–Crippen LogP) is 0.744. The van der Waals surface area contributed by atoms with Gasteiger partial charge in [0.05, 0.1) is 12.6 Å². The van der Waals surface area contributed by atoms with E-state index in [1.54, 1.807) is 0 Å². The number of amides is 1. The van der Waals surface area contributed by atoms with E-state index >= 15 is 0 Å². The van der Waals surface area contributed by atoms with E-state index in [9.17, 15) is 4.79 Å². The van der Waals surface area contributed by atoms with E-state index in [0.717, 1.165) is 25.9 Å². The molecule has 0 aromatic carbocycles. The van der Waals surface area contributed by atoms with Crippen LogP contribution in [0, 0.1) is 0 Å². The highest BCUT2D eigenvalue weighted by molar-refractivity contribution is 5.79. The topological polar surface area (TPSA) is 29.5 Å². The fraction of sp³-hybridized carbons (Fsp3) is 0.875. The molecule has 62 valence electrons. The number of rotatable bonds is 1. The maximum atomic E-state index is 11.3. The standard InChI is InChI=1S/C8H13NO2/c1-2-8-9-6(5-11-8)3-4-7(9)10/h6,8H,2-5H2,1H3/t6-,8+/m0/s1. The van der Waals surface area contributed by atoms with Crippen LogP contribution in [0.15, 0.2) is 0 Å². The van der Waals surface area contributed by atoms with E-state index in [0.29, 0.717) is 6.04 Å². The Hall–Kier alpha value is -0.570. The Bertz CT molecular complexity index is 181. The molecule has 2 fully saturated rings. The summed E-state index contributed by atoms with van der Waals surface area (Å²) < 4.78 is 5.44. The van der Waals surface area contributed by atoms with Crippen molar-refractivity contribution in [3.8, 4) is 0 Å². The van der Waals surface area contributed by atoms with E-state index in [4.69, 9.17) is 4.74 Å². The van der Waals surface area contributed by atoms with Gasteiger partial charge < -0.3 is 9.64 Å². The van der Waals surface area contributed by atoms with Crippen LogP contribution in [0.5, 0.6) is 0 Å². The number of hydrogen-bond acceptors (Lipinski definition) is 2. The Balaban J connectivity index is 2.13. The zero-order valence-electron chi connectivity index (χ0n) is 6.75. The Morgan fingerprint density at radius 2 is 2.55 bits per heavy atom. The smallest absolute Gasteiger partial charge is 0.225 e. The summed E-state index contributed by atoms with van der Waals surface area (Å²) >= 11 is 0. The molecule has 2 atom stereocenters. The Labute approximate surface area is 66.3 Å². The van der Waals surface area contributed by atoms with Gasteiger partial charge in [-0.15, -0.1) is 0 Å². The van der Waals surface area contributed by atoms with Crippen LogP contribution in [0.2, 0.25) is 0 Å². The minimum absolute atomic E-state index is 0.0787. The number of carbonyl (C=O) groups excluding carboxylic acids is 1. The molecule has 11 heavy (non-hydrogen) atoms. The molecule has 3 nitrogen and oxygen atoms in total. The second-order valence-electron chi connectivity index (χ2n) is 3.19. The van der Waals surface area contributed by atoms with Gasteiger partial charge >= 0.3 is 0 Å². The van der Waals surface area contributed by atoms with Crippen molar-refractivity contribution in [3.63, 3.8) is 0 Å². The van der Waals surface area contributed by atoms with Crippen LogP contribution >= 0.6 is 0 Å². The predicted molar refractivity (Wildman–Crippen MR) is 39.9 cm³/mol. The molecule has 0 bridgehead atoms. The van der Waals surface area contributed by atoms with Crippen LogP contribution in [-0.4, -0.2) is 29.7 Å². The number of hydrogen-bond donors (Lipinski definition) is 0. The molecule has 0 aromatic heterocycles. The summed E-state index contributed by atoms with van der Waals surface area (Å²) in [5.74, 6) is 0.277. The highest BCUT2D eigenvalue weighted by Gasteiger charge is 2.40. The third-order valence-electron chi connectivity index (χ3n) is 2.51. The molecular weight excluding hydrogens is 142 g/mol. The van der Waals surface area contributed by atoms with Gasteiger partial charge in [0.15, 0.2) is 0 Å². The second kappa shape index (κ2) is 2.48. The van der Waals surface area contributed by atoms with Crippen molar-refractivity contribution in [2.45, 2.75) is 38.5 Å². The monoisotopic (exact) mass is 155 g/mol. The Kier molecular flexibility index (Phi) is 1.60. The van der Waals surface area contributed by atoms with E-state index < -0.39 is 0 Å². The molecule has 0 aromatic rings. The second-order valence-corrected chi connectivity index (χ2v) is 3.19. The lowest BCUT2D eigenvalue weighted by Crippen LogP contribution is -2.35. The first kappa shape index (κ1) is 7.10. The molecule has 2 aliphatic rings. The molecule has 0 N–H and O–H groups in total. The normalized spacial score (nSPS) is 36.5. The molecule has 2 heterocycles. The lowest BCUT2D eigenvalue weighted by atomic mass is 10.2. The minimum Gasteiger partial charge on any atom is -0.356 e. The van der Waals surface area contributed by atoms with E-state index in [-0.39, 0.29) is 12.1 Å². The maximum Gasteiger partial charge on any atom is 0.225 e. The van der Waals surface area contributed by atoms with Gasteiger partial charge in [-0.25, -0.2) is 0 Å². The highest BCUT2D eigenvalue weighted by Crippen LogP contribution is 2.29. The van der Waals surface area contributed by atoms with Gasteiger partial charge in [-0.3, -0.25) is 4.79 Å². The van der Waals surface area contributed by atoms with Crippen LogP contribution < -0.4 is 0 Å². The Morgan fingerprint density at radius 3 is 3.27 bits per heavy atom. The van der Waals surface area contributed by atoms with Gasteiger partial charge in [0.25, 0.3) is 0 Å². The summed E-state index contributed by atoms with van der Waals surface area (Å²) in [6.07, 6.45) is 2.72. The van der Waals surface area contributed by atoms with Crippen molar-refractivity contribution < 1.29 is 9.53 Å². The van der Waals surface area contributed by atoms with Crippen LogP contribution in [0.4, 0.5) is 0 Å². The van der Waals surface area contributed by atoms with E-state index in [2.05, 4.69) is 6.92 Å². The molecule has 2 aliphatic heterocycles. The molecule has 1 amide bonds. The lowest BCUT2D eigenvalue weighted by molar-refractivity contribution is -0.133. The SMILES string of the molecule is CC[C@H]1OC[C@@H]2CCC(=O)N21. The van der Waals surface area contributed by atoms with Gasteiger partial charge in [-0.1, -0.05) is 6.92 Å². The fourth-order valence-electron chi connectivity index (χ4n) is 1.94. The molecular formula is C8H13NO2. The van der Waals surface area contributed by atoms with Crippen LogP contribution in [-0.2, 0) is 9.53 Å². The third-order valence-corrected chi connectivity index (χ3v) is 2.51. The summed E-state index contributed by atoms with van der Waals surface area (Å²) in [5, 5.41) is 0. The lowest BCUT2D eigenvalue weighted by Gasteiger charge is -2.20. The van der Waals surface area contributed by atoms with Crippen LogP contribution in [0.1, 0.15) is 26.2 Å². The van der Waals surface area contributed by atoms with Crippen molar-refractivity contribution in [2.24, 2.45) is 0 Å². The summed E-state index contributed by atoms with van der Waals surface area (Å²) in [4.78, 5) is 13.2. The van der Waals surface area contributed by atoms with Gasteiger partial charge in [-0.05, 0) is 12.8 Å². The first-order chi connectivity index (χ1) is 5.33. The molecule has 0 unspecified atom stereocenters. The van der Waals surface area contributed by atoms with E-state index in [1.807, 2.05) is 4.90 Å². The molecule has 0 radical (unpaired) electrons. The average molecular weight is 155 g/mol. The third kappa shape index (κ3) is 0.948. The van der Waals surface area contributed by atoms with Crippen LogP contribution in [0.25, 0.3) is 0 Å².